The predicted octanol–water partition coefficient (Wildman–Crippen LogP) is 4.23. The number of ether oxygens (including phenoxy) is 1. The Hall–Kier alpha value is -2.02. The molecule has 0 atom stereocenters. The van der Waals surface area contributed by atoms with Gasteiger partial charge in [0.15, 0.2) is 0 Å². The highest BCUT2D eigenvalue weighted by Crippen LogP contribution is 2.21. The highest BCUT2D eigenvalue weighted by molar-refractivity contribution is 7.99. The van der Waals surface area contributed by atoms with Crippen LogP contribution in [0.4, 0.5) is 5.69 Å². The van der Waals surface area contributed by atoms with E-state index in [-0.39, 0.29) is 11.8 Å². The molecular formula is C20H23ClN2O3S. The number of hydrogen-bond acceptors (Lipinski definition) is 4. The minimum absolute atomic E-state index is 0.108. The first-order valence-electron chi connectivity index (χ1n) is 8.64. The number of para-hydroxylation sites is 1. The monoisotopic (exact) mass is 406 g/mol. The van der Waals surface area contributed by atoms with E-state index in [0.717, 1.165) is 17.1 Å². The summed E-state index contributed by atoms with van der Waals surface area (Å²) in [4.78, 5) is 25.6. The van der Waals surface area contributed by atoms with Gasteiger partial charge in [-0.1, -0.05) is 23.7 Å². The standard InChI is InChI=1S/C20H23ClN2O3S/c1-26-13-12-22-20(25)17-5-2-3-6-18(17)23-19(24)7-4-14-27-16-10-8-15(21)9-11-16/h2-3,5-6,8-11H,4,7,12-14H2,1H3,(H,22,25)(H,23,24). The largest absolute Gasteiger partial charge is 0.383 e. The van der Waals surface area contributed by atoms with E-state index in [4.69, 9.17) is 16.3 Å². The number of methoxy groups -OCH3 is 1. The van der Waals surface area contributed by atoms with Crippen LogP contribution >= 0.6 is 23.4 Å². The molecule has 0 heterocycles. The molecule has 0 fully saturated rings. The molecule has 0 saturated carbocycles. The van der Waals surface area contributed by atoms with E-state index in [1.54, 1.807) is 43.1 Å². The number of halogens is 1. The molecule has 2 aromatic rings. The number of anilines is 1. The van der Waals surface area contributed by atoms with Crippen LogP contribution in [0.5, 0.6) is 0 Å². The predicted molar refractivity (Wildman–Crippen MR) is 111 cm³/mol. The van der Waals surface area contributed by atoms with Crippen molar-refractivity contribution in [2.45, 2.75) is 17.7 Å². The summed E-state index contributed by atoms with van der Waals surface area (Å²) < 4.78 is 4.92. The van der Waals surface area contributed by atoms with Crippen molar-refractivity contribution in [2.24, 2.45) is 0 Å². The maximum Gasteiger partial charge on any atom is 0.253 e. The molecule has 27 heavy (non-hydrogen) atoms. The molecule has 2 amide bonds. The second-order valence-corrected chi connectivity index (χ2v) is 7.35. The molecule has 0 aliphatic carbocycles. The Morgan fingerprint density at radius 1 is 1.11 bits per heavy atom. The maximum absolute atomic E-state index is 12.2. The van der Waals surface area contributed by atoms with Crippen LogP contribution in [0.2, 0.25) is 5.02 Å². The van der Waals surface area contributed by atoms with Crippen molar-refractivity contribution < 1.29 is 14.3 Å². The fourth-order valence-electron chi connectivity index (χ4n) is 2.32. The van der Waals surface area contributed by atoms with Crippen LogP contribution in [0.15, 0.2) is 53.4 Å². The molecule has 0 saturated heterocycles. The van der Waals surface area contributed by atoms with Gasteiger partial charge in [-0.15, -0.1) is 11.8 Å². The topological polar surface area (TPSA) is 67.4 Å². The molecular weight excluding hydrogens is 384 g/mol. The average molecular weight is 407 g/mol. The number of carbonyl (C=O) groups excluding carboxylic acids is 2. The Bertz CT molecular complexity index is 753. The van der Waals surface area contributed by atoms with E-state index in [1.807, 2.05) is 24.3 Å². The number of benzene rings is 2. The maximum atomic E-state index is 12.2. The third kappa shape index (κ3) is 7.62. The number of hydrogen-bond donors (Lipinski definition) is 2. The first kappa shape index (κ1) is 21.3. The Kier molecular flexibility index (Phi) is 9.18. The van der Waals surface area contributed by atoms with Gasteiger partial charge < -0.3 is 15.4 Å². The van der Waals surface area contributed by atoms with Crippen LogP contribution in [-0.2, 0) is 9.53 Å². The Labute approximate surface area is 168 Å². The van der Waals surface area contributed by atoms with Gasteiger partial charge >= 0.3 is 0 Å². The van der Waals surface area contributed by atoms with E-state index < -0.39 is 0 Å². The smallest absolute Gasteiger partial charge is 0.253 e. The normalized spacial score (nSPS) is 10.4. The van der Waals surface area contributed by atoms with Crippen molar-refractivity contribution in [1.29, 1.82) is 0 Å². The molecule has 2 aromatic carbocycles. The van der Waals surface area contributed by atoms with Crippen LogP contribution in [0.25, 0.3) is 0 Å². The zero-order valence-corrected chi connectivity index (χ0v) is 16.7. The summed E-state index contributed by atoms with van der Waals surface area (Å²) >= 11 is 7.55. The van der Waals surface area contributed by atoms with Gasteiger partial charge in [-0.25, -0.2) is 0 Å². The van der Waals surface area contributed by atoms with Crippen molar-refractivity contribution in [1.82, 2.24) is 5.32 Å². The van der Waals surface area contributed by atoms with Gasteiger partial charge in [0, 0.05) is 30.0 Å². The van der Waals surface area contributed by atoms with Crippen LogP contribution < -0.4 is 10.6 Å². The number of carbonyl (C=O) groups is 2. The number of rotatable bonds is 10. The van der Waals surface area contributed by atoms with E-state index in [9.17, 15) is 9.59 Å². The molecule has 2 rings (SSSR count). The molecule has 0 bridgehead atoms. The van der Waals surface area contributed by atoms with Gasteiger partial charge in [0.2, 0.25) is 5.91 Å². The van der Waals surface area contributed by atoms with Gasteiger partial charge in [-0.2, -0.15) is 0 Å². The molecule has 0 aliphatic rings. The Balaban J connectivity index is 1.79. The van der Waals surface area contributed by atoms with Crippen molar-refractivity contribution in [3.05, 3.63) is 59.1 Å². The minimum Gasteiger partial charge on any atom is -0.383 e. The van der Waals surface area contributed by atoms with Crippen molar-refractivity contribution in [3.8, 4) is 0 Å². The lowest BCUT2D eigenvalue weighted by atomic mass is 10.1. The minimum atomic E-state index is -0.235. The van der Waals surface area contributed by atoms with E-state index in [2.05, 4.69) is 10.6 Å². The number of nitrogens with one attached hydrogen (secondary N) is 2. The number of thioether (sulfide) groups is 1. The summed E-state index contributed by atoms with van der Waals surface area (Å²) in [6.45, 7) is 0.852. The van der Waals surface area contributed by atoms with Gasteiger partial charge in [-0.3, -0.25) is 9.59 Å². The van der Waals surface area contributed by atoms with Crippen LogP contribution in [0.3, 0.4) is 0 Å². The number of amides is 2. The lowest BCUT2D eigenvalue weighted by molar-refractivity contribution is -0.116. The van der Waals surface area contributed by atoms with E-state index >= 15 is 0 Å². The van der Waals surface area contributed by atoms with Crippen LogP contribution in [0.1, 0.15) is 23.2 Å². The fraction of sp³-hybridized carbons (Fsp3) is 0.300. The van der Waals surface area contributed by atoms with Crippen molar-refractivity contribution >= 4 is 40.9 Å². The second-order valence-electron chi connectivity index (χ2n) is 5.75. The lowest BCUT2D eigenvalue weighted by Gasteiger charge is -2.11. The Morgan fingerprint density at radius 3 is 2.59 bits per heavy atom. The quantitative estimate of drug-likeness (QED) is 0.457. The Morgan fingerprint density at radius 2 is 1.85 bits per heavy atom. The van der Waals surface area contributed by atoms with Gasteiger partial charge in [-0.05, 0) is 48.6 Å². The second kappa shape index (κ2) is 11.6. The van der Waals surface area contributed by atoms with E-state index in [1.165, 1.54) is 0 Å². The third-order valence-electron chi connectivity index (χ3n) is 3.67. The fourth-order valence-corrected chi connectivity index (χ4v) is 3.30. The highest BCUT2D eigenvalue weighted by Gasteiger charge is 2.12. The van der Waals surface area contributed by atoms with Gasteiger partial charge in [0.05, 0.1) is 17.9 Å². The van der Waals surface area contributed by atoms with Crippen LogP contribution in [0, 0.1) is 0 Å². The van der Waals surface area contributed by atoms with Crippen molar-refractivity contribution in [2.75, 3.05) is 31.3 Å². The third-order valence-corrected chi connectivity index (χ3v) is 5.02. The molecule has 0 radical (unpaired) electrons. The average Bonchev–Trinajstić information content (AvgIpc) is 2.67. The molecule has 2 N–H and O–H groups in total. The summed E-state index contributed by atoms with van der Waals surface area (Å²) in [7, 11) is 1.57. The molecule has 0 spiro atoms. The van der Waals surface area contributed by atoms with Crippen LogP contribution in [-0.4, -0.2) is 37.8 Å². The molecule has 0 unspecified atom stereocenters. The summed E-state index contributed by atoms with van der Waals surface area (Å²) in [6, 6.07) is 14.6. The zero-order valence-electron chi connectivity index (χ0n) is 15.2. The first-order valence-corrected chi connectivity index (χ1v) is 10.0. The summed E-state index contributed by atoms with van der Waals surface area (Å²) in [5.41, 5.74) is 0.959. The van der Waals surface area contributed by atoms with Crippen molar-refractivity contribution in [3.63, 3.8) is 0 Å². The summed E-state index contributed by atoms with van der Waals surface area (Å²) in [6.07, 6.45) is 1.13. The molecule has 0 aliphatic heterocycles. The van der Waals surface area contributed by atoms with E-state index in [0.29, 0.717) is 35.8 Å². The molecule has 0 aromatic heterocycles. The SMILES string of the molecule is COCCNC(=O)c1ccccc1NC(=O)CCCSc1ccc(Cl)cc1. The van der Waals surface area contributed by atoms with Gasteiger partial charge in [0.1, 0.15) is 0 Å². The molecule has 5 nitrogen and oxygen atoms in total. The lowest BCUT2D eigenvalue weighted by Crippen LogP contribution is -2.28. The van der Waals surface area contributed by atoms with Gasteiger partial charge in [0.25, 0.3) is 5.91 Å². The highest BCUT2D eigenvalue weighted by atomic mass is 35.5. The summed E-state index contributed by atoms with van der Waals surface area (Å²) in [5, 5.41) is 6.30. The molecule has 7 heteroatoms. The zero-order chi connectivity index (χ0) is 19.5. The summed E-state index contributed by atoms with van der Waals surface area (Å²) in [5.74, 6) is 0.485. The molecule has 144 valence electrons. The first-order chi connectivity index (χ1) is 13.1.